The van der Waals surface area contributed by atoms with E-state index in [-0.39, 0.29) is 29.6 Å². The summed E-state index contributed by atoms with van der Waals surface area (Å²) < 4.78 is 27.0. The van der Waals surface area contributed by atoms with Crippen LogP contribution in [-0.2, 0) is 14.9 Å². The van der Waals surface area contributed by atoms with E-state index in [0.717, 1.165) is 0 Å². The van der Waals surface area contributed by atoms with E-state index in [1.54, 1.807) is 0 Å². The van der Waals surface area contributed by atoms with Crippen molar-refractivity contribution in [3.05, 3.63) is 0 Å². The zero-order valence-corrected chi connectivity index (χ0v) is 13.6. The number of rotatable bonds is 11. The molecular weight excluding hydrogens is 303 g/mol. The molecule has 21 heavy (non-hydrogen) atoms. The van der Waals surface area contributed by atoms with E-state index >= 15 is 0 Å². The van der Waals surface area contributed by atoms with Crippen molar-refractivity contribution in [2.75, 3.05) is 5.75 Å². The van der Waals surface area contributed by atoms with Crippen molar-refractivity contribution in [1.29, 1.82) is 0 Å². The van der Waals surface area contributed by atoms with Gasteiger partial charge in [-0.15, -0.1) is 0 Å². The number of hydrogen-bond acceptors (Lipinski definition) is 3. The van der Waals surface area contributed by atoms with Crippen LogP contribution in [0.5, 0.6) is 0 Å². The molecule has 0 saturated heterocycles. The SMILES string of the molecule is CCCCCCCCCCCC.O=C(O)CS(=O)(=O)O.[NaH]. The van der Waals surface area contributed by atoms with Gasteiger partial charge >= 0.3 is 35.5 Å². The Morgan fingerprint density at radius 1 is 0.810 bits per heavy atom. The van der Waals surface area contributed by atoms with Gasteiger partial charge in [0.1, 0.15) is 0 Å². The van der Waals surface area contributed by atoms with Gasteiger partial charge in [0.05, 0.1) is 0 Å². The van der Waals surface area contributed by atoms with Gasteiger partial charge in [0.25, 0.3) is 10.1 Å². The fourth-order valence-corrected chi connectivity index (χ4v) is 2.03. The third-order valence-electron chi connectivity index (χ3n) is 2.76. The molecule has 0 spiro atoms. The van der Waals surface area contributed by atoms with Crippen LogP contribution in [0.3, 0.4) is 0 Å². The second-order valence-corrected chi connectivity index (χ2v) is 6.40. The van der Waals surface area contributed by atoms with Gasteiger partial charge in [0.2, 0.25) is 0 Å². The Bertz CT molecular complexity index is 307. The summed E-state index contributed by atoms with van der Waals surface area (Å²) in [5.41, 5.74) is 0. The summed E-state index contributed by atoms with van der Waals surface area (Å²) in [6.45, 7) is 4.56. The number of carboxylic acid groups (broad SMARTS) is 1. The number of aliphatic carboxylic acids is 1. The van der Waals surface area contributed by atoms with Gasteiger partial charge in [-0.3, -0.25) is 9.35 Å². The maximum atomic E-state index is 9.62. The van der Waals surface area contributed by atoms with Crippen LogP contribution in [0, 0.1) is 0 Å². The maximum absolute atomic E-state index is 9.62. The van der Waals surface area contributed by atoms with Crippen molar-refractivity contribution < 1.29 is 22.9 Å². The Balaban J connectivity index is -0.000000317. The van der Waals surface area contributed by atoms with Crippen LogP contribution in [0.2, 0.25) is 0 Å². The Morgan fingerprint density at radius 2 is 1.10 bits per heavy atom. The Hall–Kier alpha value is 0.380. The van der Waals surface area contributed by atoms with Gasteiger partial charge in [-0.1, -0.05) is 78.1 Å². The summed E-state index contributed by atoms with van der Waals surface area (Å²) in [6, 6.07) is 0. The quantitative estimate of drug-likeness (QED) is 0.344. The molecule has 0 saturated carbocycles. The molecule has 7 heteroatoms. The van der Waals surface area contributed by atoms with Gasteiger partial charge < -0.3 is 5.11 Å². The Morgan fingerprint density at radius 3 is 1.24 bits per heavy atom. The Kier molecular flexibility index (Phi) is 23.1. The number of hydrogen-bond donors (Lipinski definition) is 2. The Labute approximate surface area is 151 Å². The normalized spacial score (nSPS) is 10.2. The average Bonchev–Trinajstić information content (AvgIpc) is 2.30. The number of carbonyl (C=O) groups is 1. The molecule has 0 aromatic heterocycles. The molecule has 0 atom stereocenters. The standard InChI is InChI=1S/C12H26.C2H4O5S.Na.H/c1-3-5-7-9-11-12-10-8-6-4-2;3-2(4)1-8(5,6)7;;/h3-12H2,1-2H3;1H2,(H,3,4)(H,5,6,7);;. The molecule has 2 N–H and O–H groups in total. The number of carboxylic acids is 1. The molecule has 0 aromatic carbocycles. The van der Waals surface area contributed by atoms with Crippen molar-refractivity contribution >= 4 is 45.6 Å². The van der Waals surface area contributed by atoms with Gasteiger partial charge in [0.15, 0.2) is 5.75 Å². The molecule has 0 amide bonds. The molecular formula is C14H31NaO5S. The van der Waals surface area contributed by atoms with Crippen molar-refractivity contribution in [3.63, 3.8) is 0 Å². The van der Waals surface area contributed by atoms with E-state index in [9.17, 15) is 13.2 Å². The van der Waals surface area contributed by atoms with Crippen LogP contribution in [-0.4, -0.2) is 59.4 Å². The van der Waals surface area contributed by atoms with Crippen LogP contribution < -0.4 is 0 Å². The van der Waals surface area contributed by atoms with Crippen molar-refractivity contribution in [1.82, 2.24) is 0 Å². The van der Waals surface area contributed by atoms with Crippen LogP contribution in [0.4, 0.5) is 0 Å². The van der Waals surface area contributed by atoms with Gasteiger partial charge in [-0.05, 0) is 0 Å². The van der Waals surface area contributed by atoms with Gasteiger partial charge in [-0.25, -0.2) is 0 Å². The van der Waals surface area contributed by atoms with Crippen LogP contribution in [0.1, 0.15) is 78.1 Å². The predicted molar refractivity (Wildman–Crippen MR) is 88.7 cm³/mol. The third-order valence-corrected chi connectivity index (χ3v) is 3.37. The van der Waals surface area contributed by atoms with Crippen LogP contribution in [0.25, 0.3) is 0 Å². The second-order valence-electron chi connectivity index (χ2n) is 4.95. The van der Waals surface area contributed by atoms with E-state index in [2.05, 4.69) is 13.8 Å². The first-order valence-electron chi connectivity index (χ1n) is 7.50. The molecule has 0 radical (unpaired) electrons. The van der Waals surface area contributed by atoms with Crippen molar-refractivity contribution in [2.45, 2.75) is 78.1 Å². The molecule has 0 heterocycles. The van der Waals surface area contributed by atoms with Crippen molar-refractivity contribution in [3.8, 4) is 0 Å². The summed E-state index contributed by atoms with van der Waals surface area (Å²) in [6.07, 6.45) is 14.4. The summed E-state index contributed by atoms with van der Waals surface area (Å²) in [5, 5.41) is 7.71. The molecule has 0 aromatic rings. The topological polar surface area (TPSA) is 91.7 Å². The zero-order chi connectivity index (χ0) is 15.9. The summed E-state index contributed by atoms with van der Waals surface area (Å²) in [4.78, 5) is 9.48. The minimum atomic E-state index is -4.32. The van der Waals surface area contributed by atoms with E-state index in [1.165, 1.54) is 64.2 Å². The molecule has 0 unspecified atom stereocenters. The summed E-state index contributed by atoms with van der Waals surface area (Å²) >= 11 is 0. The molecule has 0 aliphatic rings. The molecule has 0 fully saturated rings. The molecule has 124 valence electrons. The third kappa shape index (κ3) is 33.3. The summed E-state index contributed by atoms with van der Waals surface area (Å²) in [7, 11) is -4.32. The monoisotopic (exact) mass is 334 g/mol. The summed E-state index contributed by atoms with van der Waals surface area (Å²) in [5.74, 6) is -2.79. The first-order valence-corrected chi connectivity index (χ1v) is 9.11. The van der Waals surface area contributed by atoms with Crippen LogP contribution >= 0.6 is 0 Å². The molecule has 0 bridgehead atoms. The van der Waals surface area contributed by atoms with Gasteiger partial charge in [-0.2, -0.15) is 8.42 Å². The molecule has 0 rings (SSSR count). The van der Waals surface area contributed by atoms with E-state index in [1.807, 2.05) is 0 Å². The fraction of sp³-hybridized carbons (Fsp3) is 0.929. The zero-order valence-electron chi connectivity index (χ0n) is 12.8. The van der Waals surface area contributed by atoms with E-state index in [4.69, 9.17) is 9.66 Å². The predicted octanol–water partition coefficient (Wildman–Crippen LogP) is 3.24. The first-order chi connectivity index (χ1) is 9.33. The number of unbranched alkanes of at least 4 members (excludes halogenated alkanes) is 9. The average molecular weight is 334 g/mol. The molecule has 0 aliphatic carbocycles. The van der Waals surface area contributed by atoms with Crippen LogP contribution in [0.15, 0.2) is 0 Å². The molecule has 5 nitrogen and oxygen atoms in total. The molecule has 0 aliphatic heterocycles. The minimum absolute atomic E-state index is 0. The van der Waals surface area contributed by atoms with E-state index in [0.29, 0.717) is 0 Å². The van der Waals surface area contributed by atoms with E-state index < -0.39 is 21.8 Å². The second kappa shape index (κ2) is 18.4. The van der Waals surface area contributed by atoms with Crippen molar-refractivity contribution in [2.24, 2.45) is 0 Å². The fourth-order valence-electron chi connectivity index (χ4n) is 1.72. The first kappa shape index (κ1) is 26.3. The van der Waals surface area contributed by atoms with Gasteiger partial charge in [0, 0.05) is 0 Å².